The van der Waals surface area contributed by atoms with Gasteiger partial charge in [-0.05, 0) is 79.8 Å². The summed E-state index contributed by atoms with van der Waals surface area (Å²) >= 11 is 0. The molecule has 1 aromatic heterocycles. The van der Waals surface area contributed by atoms with Gasteiger partial charge in [-0.15, -0.1) is 0 Å². The number of aryl methyl sites for hydroxylation is 2. The van der Waals surface area contributed by atoms with Crippen LogP contribution in [0.2, 0.25) is 0 Å². The molecule has 0 radical (unpaired) electrons. The van der Waals surface area contributed by atoms with Gasteiger partial charge >= 0.3 is 12.1 Å². The van der Waals surface area contributed by atoms with Crippen molar-refractivity contribution >= 4 is 18.0 Å². The highest BCUT2D eigenvalue weighted by Crippen LogP contribution is 2.40. The summed E-state index contributed by atoms with van der Waals surface area (Å²) in [5.41, 5.74) is 4.06. The van der Waals surface area contributed by atoms with E-state index in [-0.39, 0.29) is 11.5 Å². The van der Waals surface area contributed by atoms with E-state index in [9.17, 15) is 22.8 Å². The fourth-order valence-corrected chi connectivity index (χ4v) is 4.90. The van der Waals surface area contributed by atoms with Crippen LogP contribution in [0.3, 0.4) is 0 Å². The van der Waals surface area contributed by atoms with Gasteiger partial charge in [0.15, 0.2) is 0 Å². The van der Waals surface area contributed by atoms with E-state index in [1.54, 1.807) is 36.7 Å². The van der Waals surface area contributed by atoms with Crippen molar-refractivity contribution < 1.29 is 32.3 Å². The van der Waals surface area contributed by atoms with Crippen molar-refractivity contribution in [3.05, 3.63) is 82.9 Å². The van der Waals surface area contributed by atoms with Gasteiger partial charge in [-0.25, -0.2) is 9.78 Å². The van der Waals surface area contributed by atoms with Crippen LogP contribution in [0.5, 0.6) is 5.75 Å². The lowest BCUT2D eigenvalue weighted by Gasteiger charge is -2.29. The molecule has 1 atom stereocenters. The topological polar surface area (TPSA) is 73.7 Å². The zero-order valence-electron chi connectivity index (χ0n) is 21.6. The van der Waals surface area contributed by atoms with Crippen LogP contribution in [0.15, 0.2) is 60.6 Å². The Bertz CT molecular complexity index is 1430. The molecule has 2 aromatic carbocycles. The maximum Gasteiger partial charge on any atom is 0.493 e. The number of nitrogens with zero attached hydrogens (tertiary/aromatic N) is 3. The second kappa shape index (κ2) is 10.6. The SMILES string of the molecule is COc1cc(/C=C(\CC2CC2)C(=O)N(OC(=O)C(F)(F)F)C2CCc3ccccc32)ccc1-n1cnc(C)c1. The van der Waals surface area contributed by atoms with E-state index in [0.717, 1.165) is 29.8 Å². The van der Waals surface area contributed by atoms with Crippen molar-refractivity contribution in [1.82, 2.24) is 14.6 Å². The number of fused-ring (bicyclic) bond motifs is 1. The summed E-state index contributed by atoms with van der Waals surface area (Å²) < 4.78 is 47.1. The maximum absolute atomic E-state index is 13.9. The average Bonchev–Trinajstić information content (AvgIpc) is 3.46. The minimum absolute atomic E-state index is 0.242. The van der Waals surface area contributed by atoms with Gasteiger partial charge < -0.3 is 14.1 Å². The number of hydrogen-bond acceptors (Lipinski definition) is 5. The van der Waals surface area contributed by atoms with Gasteiger partial charge in [-0.2, -0.15) is 18.2 Å². The zero-order chi connectivity index (χ0) is 27.7. The quantitative estimate of drug-likeness (QED) is 0.276. The van der Waals surface area contributed by atoms with Crippen LogP contribution in [0.25, 0.3) is 11.8 Å². The number of benzene rings is 2. The molecular formula is C29H28F3N3O4. The van der Waals surface area contributed by atoms with E-state index < -0.39 is 24.1 Å². The molecule has 0 aliphatic heterocycles. The molecule has 0 saturated heterocycles. The van der Waals surface area contributed by atoms with Crippen LogP contribution in [-0.4, -0.2) is 39.8 Å². The number of aromatic nitrogens is 2. The summed E-state index contributed by atoms with van der Waals surface area (Å²) in [4.78, 5) is 34.9. The van der Waals surface area contributed by atoms with Crippen LogP contribution in [0.1, 0.15) is 54.1 Å². The van der Waals surface area contributed by atoms with Crippen molar-refractivity contribution in [2.24, 2.45) is 5.92 Å². The second-order valence-electron chi connectivity index (χ2n) is 9.93. The molecule has 2 aliphatic carbocycles. The summed E-state index contributed by atoms with van der Waals surface area (Å²) in [6, 6.07) is 11.7. The van der Waals surface area contributed by atoms with Crippen LogP contribution in [-0.2, 0) is 20.8 Å². The third-order valence-electron chi connectivity index (χ3n) is 7.01. The van der Waals surface area contributed by atoms with Crippen molar-refractivity contribution in [2.75, 3.05) is 7.11 Å². The molecule has 1 fully saturated rings. The molecule has 3 aromatic rings. The van der Waals surface area contributed by atoms with Crippen LogP contribution in [0, 0.1) is 12.8 Å². The lowest BCUT2D eigenvalue weighted by molar-refractivity contribution is -0.243. The summed E-state index contributed by atoms with van der Waals surface area (Å²) in [6.45, 7) is 1.87. The van der Waals surface area contributed by atoms with Gasteiger partial charge in [0.05, 0.1) is 30.9 Å². The molecule has 2 aliphatic rings. The zero-order valence-corrected chi connectivity index (χ0v) is 21.6. The van der Waals surface area contributed by atoms with Gasteiger partial charge in [-0.3, -0.25) is 4.79 Å². The van der Waals surface area contributed by atoms with E-state index >= 15 is 0 Å². The highest BCUT2D eigenvalue weighted by molar-refractivity contribution is 5.98. The van der Waals surface area contributed by atoms with Crippen molar-refractivity contribution in [3.8, 4) is 11.4 Å². The summed E-state index contributed by atoms with van der Waals surface area (Å²) in [5.74, 6) is -2.40. The number of hydrogen-bond donors (Lipinski definition) is 0. The Hall–Kier alpha value is -4.08. The number of hydroxylamine groups is 2. The number of rotatable bonds is 7. The third-order valence-corrected chi connectivity index (χ3v) is 7.01. The van der Waals surface area contributed by atoms with E-state index in [1.165, 1.54) is 7.11 Å². The first kappa shape index (κ1) is 26.5. The van der Waals surface area contributed by atoms with Gasteiger partial charge in [0, 0.05) is 11.8 Å². The first-order valence-electron chi connectivity index (χ1n) is 12.7. The van der Waals surface area contributed by atoms with E-state index in [2.05, 4.69) is 4.98 Å². The molecule has 5 rings (SSSR count). The smallest absolute Gasteiger partial charge is 0.493 e. The maximum atomic E-state index is 13.9. The van der Waals surface area contributed by atoms with Gasteiger partial charge in [0.25, 0.3) is 5.91 Å². The van der Waals surface area contributed by atoms with E-state index in [0.29, 0.717) is 41.2 Å². The molecule has 1 amide bonds. The fraction of sp³-hybridized carbons (Fsp3) is 0.345. The first-order chi connectivity index (χ1) is 18.6. The third kappa shape index (κ3) is 5.84. The van der Waals surface area contributed by atoms with Crippen molar-refractivity contribution in [2.45, 2.75) is 51.2 Å². The lowest BCUT2D eigenvalue weighted by atomic mass is 10.0. The molecule has 10 heteroatoms. The predicted octanol–water partition coefficient (Wildman–Crippen LogP) is 5.91. The van der Waals surface area contributed by atoms with Crippen LogP contribution < -0.4 is 4.74 Å². The molecule has 1 heterocycles. The summed E-state index contributed by atoms with van der Waals surface area (Å²) in [6.07, 6.45) is 3.01. The molecule has 39 heavy (non-hydrogen) atoms. The summed E-state index contributed by atoms with van der Waals surface area (Å²) in [7, 11) is 1.53. The van der Waals surface area contributed by atoms with Gasteiger partial charge in [0.1, 0.15) is 5.75 Å². The minimum Gasteiger partial charge on any atom is -0.495 e. The molecule has 0 bridgehead atoms. The van der Waals surface area contributed by atoms with Gasteiger partial charge in [-0.1, -0.05) is 30.3 Å². The Balaban J connectivity index is 1.51. The fourth-order valence-electron chi connectivity index (χ4n) is 4.90. The molecule has 1 saturated carbocycles. The Morgan fingerprint density at radius 1 is 1.15 bits per heavy atom. The highest BCUT2D eigenvalue weighted by Gasteiger charge is 2.46. The molecule has 204 valence electrons. The number of imidazole rings is 1. The van der Waals surface area contributed by atoms with Crippen LogP contribution in [0.4, 0.5) is 13.2 Å². The minimum atomic E-state index is -5.24. The standard InChI is InChI=1S/C29H28F3N3O4/c1-18-16-34(17-33-18)25-11-9-20(15-26(25)38-2)14-22(13-19-7-8-19)27(36)35(39-28(37)29(30,31)32)24-12-10-21-5-3-4-6-23(21)24/h3-6,9,11,14-17,19,24H,7-8,10,12-13H2,1-2H3/b22-14+. The number of alkyl halides is 3. The highest BCUT2D eigenvalue weighted by atomic mass is 19.4. The second-order valence-corrected chi connectivity index (χ2v) is 9.93. The molecule has 7 nitrogen and oxygen atoms in total. The first-order valence-corrected chi connectivity index (χ1v) is 12.7. The average molecular weight is 540 g/mol. The number of carbonyl (C=O) groups is 2. The van der Waals surface area contributed by atoms with Gasteiger partial charge in [0.2, 0.25) is 0 Å². The largest absolute Gasteiger partial charge is 0.495 e. The number of halogens is 3. The normalized spacial score (nSPS) is 17.1. The predicted molar refractivity (Wildman–Crippen MR) is 137 cm³/mol. The van der Waals surface area contributed by atoms with E-state index in [4.69, 9.17) is 9.57 Å². The number of methoxy groups -OCH3 is 1. The Labute approximate surface area is 223 Å². The monoisotopic (exact) mass is 539 g/mol. The van der Waals surface area contributed by atoms with Crippen molar-refractivity contribution in [1.29, 1.82) is 0 Å². The number of amides is 1. The number of carbonyl (C=O) groups excluding carboxylic acids is 2. The summed E-state index contributed by atoms with van der Waals surface area (Å²) in [5, 5.41) is 0.635. The molecule has 0 spiro atoms. The van der Waals surface area contributed by atoms with E-state index in [1.807, 2.05) is 35.9 Å². The van der Waals surface area contributed by atoms with Crippen molar-refractivity contribution in [3.63, 3.8) is 0 Å². The molecule has 0 N–H and O–H groups in total. The van der Waals surface area contributed by atoms with Crippen LogP contribution >= 0.6 is 0 Å². The molecular weight excluding hydrogens is 511 g/mol. The lowest BCUT2D eigenvalue weighted by Crippen LogP contribution is -2.41. The molecule has 1 unspecified atom stereocenters. The Morgan fingerprint density at radius 3 is 2.59 bits per heavy atom. The Kier molecular flexibility index (Phi) is 7.20. The number of ether oxygens (including phenoxy) is 1. The Morgan fingerprint density at radius 2 is 1.92 bits per heavy atom.